The molecule has 0 aromatic rings. The summed E-state index contributed by atoms with van der Waals surface area (Å²) in [5, 5.41) is 23.1. The molecule has 3 N–H and O–H groups in total. The Balaban J connectivity index is 3.53. The molecule has 0 spiro atoms. The monoisotopic (exact) mass is 898 g/mol. The molecule has 2 atom stereocenters. The van der Waals surface area contributed by atoms with Gasteiger partial charge in [0.05, 0.1) is 25.4 Å². The molecule has 0 fully saturated rings. The third-order valence-corrected chi connectivity index (χ3v) is 12.6. The van der Waals surface area contributed by atoms with E-state index in [1.165, 1.54) is 167 Å². The molecular formula is C58H107NO5. The van der Waals surface area contributed by atoms with Gasteiger partial charge in [-0.2, -0.15) is 0 Å². The van der Waals surface area contributed by atoms with E-state index in [2.05, 4.69) is 55.6 Å². The molecular weight excluding hydrogens is 791 g/mol. The summed E-state index contributed by atoms with van der Waals surface area (Å²) in [6.45, 7) is 4.82. The third kappa shape index (κ3) is 49.3. The molecule has 0 saturated heterocycles. The van der Waals surface area contributed by atoms with Gasteiger partial charge in [0.1, 0.15) is 0 Å². The largest absolute Gasteiger partial charge is 0.466 e. The number of amides is 1. The average molecular weight is 898 g/mol. The van der Waals surface area contributed by atoms with Crippen LogP contribution in [-0.4, -0.2) is 47.4 Å². The molecule has 6 heteroatoms. The van der Waals surface area contributed by atoms with E-state index in [-0.39, 0.29) is 18.5 Å². The molecule has 64 heavy (non-hydrogen) atoms. The summed E-state index contributed by atoms with van der Waals surface area (Å²) in [7, 11) is 0. The molecule has 0 aliphatic heterocycles. The van der Waals surface area contributed by atoms with Crippen LogP contribution >= 0.6 is 0 Å². The summed E-state index contributed by atoms with van der Waals surface area (Å²) in [4.78, 5) is 24.5. The highest BCUT2D eigenvalue weighted by Crippen LogP contribution is 2.15. The average Bonchev–Trinajstić information content (AvgIpc) is 3.29. The van der Waals surface area contributed by atoms with Gasteiger partial charge in [0.15, 0.2) is 0 Å². The Labute approximate surface area is 397 Å². The Morgan fingerprint density at radius 1 is 0.438 bits per heavy atom. The molecule has 2 unspecified atom stereocenters. The Bertz CT molecular complexity index is 1080. The number of nitrogens with one attached hydrogen (secondary N) is 1. The van der Waals surface area contributed by atoms with Crippen LogP contribution in [0.25, 0.3) is 0 Å². The minimum Gasteiger partial charge on any atom is -0.466 e. The van der Waals surface area contributed by atoms with Crippen molar-refractivity contribution < 1.29 is 24.5 Å². The first kappa shape index (κ1) is 61.8. The van der Waals surface area contributed by atoms with Crippen molar-refractivity contribution in [3.8, 4) is 0 Å². The number of hydrogen-bond acceptors (Lipinski definition) is 5. The van der Waals surface area contributed by atoms with Crippen molar-refractivity contribution in [3.63, 3.8) is 0 Å². The molecule has 6 nitrogen and oxygen atoms in total. The Morgan fingerprint density at radius 3 is 1.23 bits per heavy atom. The SMILES string of the molecule is CCCCC/C=C\C/C=C\CCCCCCCCCCCC(=O)OCCCCC/C=C\CCCCCCCC(=O)NC(CO)C(O)/C=C/CCCCCCCCCCCCCCCC. The predicted molar refractivity (Wildman–Crippen MR) is 278 cm³/mol. The van der Waals surface area contributed by atoms with Gasteiger partial charge in [0.25, 0.3) is 0 Å². The summed E-state index contributed by atoms with van der Waals surface area (Å²) in [6, 6.07) is -0.648. The molecule has 0 saturated carbocycles. The van der Waals surface area contributed by atoms with Crippen LogP contribution in [0.2, 0.25) is 0 Å². The maximum atomic E-state index is 12.4. The zero-order valence-corrected chi connectivity index (χ0v) is 42.5. The summed E-state index contributed by atoms with van der Waals surface area (Å²) < 4.78 is 5.46. The molecule has 374 valence electrons. The Hall–Kier alpha value is -2.18. The van der Waals surface area contributed by atoms with E-state index in [0.29, 0.717) is 19.4 Å². The number of allylic oxidation sites excluding steroid dienone is 7. The van der Waals surface area contributed by atoms with E-state index in [1.807, 2.05) is 6.08 Å². The number of carbonyl (C=O) groups excluding carboxylic acids is 2. The second-order valence-corrected chi connectivity index (χ2v) is 18.9. The maximum absolute atomic E-state index is 12.4. The van der Waals surface area contributed by atoms with Gasteiger partial charge < -0.3 is 20.3 Å². The standard InChI is InChI=1S/C58H107NO5/c1-3-5-7-9-11-13-15-17-19-21-22-23-25-27-32-36-40-44-48-52-58(63)64-53-49-45-41-37-33-29-28-31-35-39-43-47-51-57(62)59-55(54-60)56(61)50-46-42-38-34-30-26-24-20-18-16-14-12-10-8-6-4-2/h11,13,17,19,29,33,46,50,55-56,60-61H,3-10,12,14-16,18,20-28,30-32,34-45,47-49,51-54H2,1-2H3,(H,59,62)/b13-11-,19-17-,33-29-,50-46+. The smallest absolute Gasteiger partial charge is 0.305 e. The van der Waals surface area contributed by atoms with Gasteiger partial charge >= 0.3 is 5.97 Å². The molecule has 0 bridgehead atoms. The van der Waals surface area contributed by atoms with Crippen molar-refractivity contribution >= 4 is 11.9 Å². The van der Waals surface area contributed by atoms with Gasteiger partial charge in [-0.25, -0.2) is 0 Å². The minimum absolute atomic E-state index is 0.0286. The van der Waals surface area contributed by atoms with Gasteiger partial charge in [-0.15, -0.1) is 0 Å². The molecule has 0 aliphatic carbocycles. The molecule has 0 aromatic heterocycles. The third-order valence-electron chi connectivity index (χ3n) is 12.6. The van der Waals surface area contributed by atoms with Gasteiger partial charge in [-0.05, 0) is 96.3 Å². The zero-order valence-electron chi connectivity index (χ0n) is 42.5. The van der Waals surface area contributed by atoms with E-state index in [4.69, 9.17) is 4.74 Å². The van der Waals surface area contributed by atoms with E-state index >= 15 is 0 Å². The fourth-order valence-electron chi connectivity index (χ4n) is 8.25. The molecule has 0 rings (SSSR count). The second-order valence-electron chi connectivity index (χ2n) is 18.9. The molecule has 0 radical (unpaired) electrons. The van der Waals surface area contributed by atoms with Crippen molar-refractivity contribution in [1.82, 2.24) is 5.32 Å². The van der Waals surface area contributed by atoms with Crippen molar-refractivity contribution in [2.24, 2.45) is 0 Å². The maximum Gasteiger partial charge on any atom is 0.305 e. The molecule has 1 amide bonds. The molecule has 0 aromatic carbocycles. The van der Waals surface area contributed by atoms with Crippen LogP contribution in [0.15, 0.2) is 48.6 Å². The lowest BCUT2D eigenvalue weighted by Gasteiger charge is -2.20. The van der Waals surface area contributed by atoms with Crippen molar-refractivity contribution in [3.05, 3.63) is 48.6 Å². The van der Waals surface area contributed by atoms with E-state index in [1.54, 1.807) is 6.08 Å². The number of aliphatic hydroxyl groups is 2. The molecule has 0 heterocycles. The minimum atomic E-state index is -0.862. The number of hydrogen-bond donors (Lipinski definition) is 3. The quantitative estimate of drug-likeness (QED) is 0.0321. The van der Waals surface area contributed by atoms with Crippen LogP contribution in [0.3, 0.4) is 0 Å². The zero-order chi connectivity index (χ0) is 46.5. The van der Waals surface area contributed by atoms with Gasteiger partial charge in [-0.3, -0.25) is 9.59 Å². The van der Waals surface area contributed by atoms with Crippen LogP contribution in [0.5, 0.6) is 0 Å². The lowest BCUT2D eigenvalue weighted by molar-refractivity contribution is -0.143. The van der Waals surface area contributed by atoms with Gasteiger partial charge in [0, 0.05) is 12.8 Å². The number of unbranched alkanes of at least 4 members (excludes halogenated alkanes) is 34. The fraction of sp³-hybridized carbons (Fsp3) is 0.828. The highest BCUT2D eigenvalue weighted by molar-refractivity contribution is 5.76. The number of esters is 1. The first-order valence-electron chi connectivity index (χ1n) is 27.9. The number of carbonyl (C=O) groups is 2. The number of ether oxygens (including phenoxy) is 1. The fourth-order valence-corrected chi connectivity index (χ4v) is 8.25. The van der Waals surface area contributed by atoms with Crippen LogP contribution in [0.1, 0.15) is 284 Å². The van der Waals surface area contributed by atoms with Gasteiger partial charge in [0.2, 0.25) is 5.91 Å². The predicted octanol–water partition coefficient (Wildman–Crippen LogP) is 17.0. The highest BCUT2D eigenvalue weighted by atomic mass is 16.5. The second kappa shape index (κ2) is 53.4. The molecule has 0 aliphatic rings. The summed E-state index contributed by atoms with van der Waals surface area (Å²) in [5.74, 6) is -0.123. The van der Waals surface area contributed by atoms with E-state index in [9.17, 15) is 19.8 Å². The number of rotatable bonds is 51. The summed E-state index contributed by atoms with van der Waals surface area (Å²) >= 11 is 0. The topological polar surface area (TPSA) is 95.9 Å². The first-order chi connectivity index (χ1) is 31.5. The Morgan fingerprint density at radius 2 is 0.781 bits per heavy atom. The van der Waals surface area contributed by atoms with Crippen LogP contribution in [0.4, 0.5) is 0 Å². The summed E-state index contributed by atoms with van der Waals surface area (Å²) in [5.41, 5.74) is 0. The normalized spacial score (nSPS) is 13.0. The van der Waals surface area contributed by atoms with E-state index in [0.717, 1.165) is 89.9 Å². The van der Waals surface area contributed by atoms with Crippen molar-refractivity contribution in [2.75, 3.05) is 13.2 Å². The lowest BCUT2D eigenvalue weighted by atomic mass is 10.0. The van der Waals surface area contributed by atoms with Gasteiger partial charge in [-0.1, -0.05) is 223 Å². The van der Waals surface area contributed by atoms with Crippen LogP contribution < -0.4 is 5.32 Å². The number of aliphatic hydroxyl groups excluding tert-OH is 2. The van der Waals surface area contributed by atoms with Crippen LogP contribution in [0, 0.1) is 0 Å². The lowest BCUT2D eigenvalue weighted by Crippen LogP contribution is -2.45. The highest BCUT2D eigenvalue weighted by Gasteiger charge is 2.18. The summed E-state index contributed by atoms with van der Waals surface area (Å²) in [6.07, 6.45) is 66.9. The Kier molecular flexibility index (Phi) is 51.6. The van der Waals surface area contributed by atoms with Crippen molar-refractivity contribution in [2.45, 2.75) is 296 Å². The van der Waals surface area contributed by atoms with Crippen LogP contribution in [-0.2, 0) is 14.3 Å². The first-order valence-corrected chi connectivity index (χ1v) is 27.9. The van der Waals surface area contributed by atoms with Crippen molar-refractivity contribution in [1.29, 1.82) is 0 Å². The van der Waals surface area contributed by atoms with E-state index < -0.39 is 12.1 Å².